The number of aromatic nitrogens is 2. The Morgan fingerprint density at radius 3 is 2.62 bits per heavy atom. The van der Waals surface area contributed by atoms with Crippen molar-refractivity contribution in [2.24, 2.45) is 7.05 Å². The Bertz CT molecular complexity index is 731. The first-order chi connectivity index (χ1) is 11.3. The zero-order valence-corrected chi connectivity index (χ0v) is 14.3. The number of amides is 2. The van der Waals surface area contributed by atoms with Gasteiger partial charge in [-0.2, -0.15) is 0 Å². The van der Waals surface area contributed by atoms with Crippen LogP contribution in [0.2, 0.25) is 0 Å². The van der Waals surface area contributed by atoms with E-state index < -0.39 is 11.7 Å². The van der Waals surface area contributed by atoms with Gasteiger partial charge in [0, 0.05) is 31.5 Å². The summed E-state index contributed by atoms with van der Waals surface area (Å²) in [6.45, 7) is 5.58. The van der Waals surface area contributed by atoms with E-state index in [-0.39, 0.29) is 12.5 Å². The number of carbonyl (C=O) groups excluding carboxylic acids is 2. The van der Waals surface area contributed by atoms with Gasteiger partial charge in [-0.15, -0.1) is 0 Å². The van der Waals surface area contributed by atoms with E-state index >= 15 is 0 Å². The van der Waals surface area contributed by atoms with Crippen LogP contribution < -0.4 is 10.6 Å². The Morgan fingerprint density at radius 2 is 2.00 bits per heavy atom. The molecule has 2 aromatic heterocycles. The molecule has 0 atom stereocenters. The molecule has 0 saturated carbocycles. The van der Waals surface area contributed by atoms with Crippen LogP contribution in [0.1, 0.15) is 36.8 Å². The fraction of sp³-hybridized carbons (Fsp3) is 0.353. The number of hydrogen-bond acceptors (Lipinski definition) is 4. The average Bonchev–Trinajstić information content (AvgIpc) is 2.91. The van der Waals surface area contributed by atoms with Gasteiger partial charge in [-0.25, -0.2) is 9.78 Å². The minimum Gasteiger partial charge on any atom is -0.444 e. The van der Waals surface area contributed by atoms with Gasteiger partial charge in [-0.1, -0.05) is 6.07 Å². The molecule has 0 radical (unpaired) electrons. The summed E-state index contributed by atoms with van der Waals surface area (Å²) >= 11 is 0. The van der Waals surface area contributed by atoms with E-state index in [1.165, 1.54) is 0 Å². The van der Waals surface area contributed by atoms with Gasteiger partial charge in [0.25, 0.3) is 5.91 Å². The summed E-state index contributed by atoms with van der Waals surface area (Å²) in [6, 6.07) is 7.03. The average molecular weight is 330 g/mol. The summed E-state index contributed by atoms with van der Waals surface area (Å²) in [5, 5.41) is 5.42. The molecule has 2 aromatic rings. The molecule has 2 rings (SSSR count). The Kier molecular flexibility index (Phi) is 5.23. The number of aryl methyl sites for hydroxylation is 1. The summed E-state index contributed by atoms with van der Waals surface area (Å²) in [5.74, 6) is 0.138. The number of hydrogen-bond donors (Lipinski definition) is 2. The minimum absolute atomic E-state index is 0.200. The van der Waals surface area contributed by atoms with Crippen LogP contribution in [0.15, 0.2) is 36.7 Å². The zero-order chi connectivity index (χ0) is 17.7. The first kappa shape index (κ1) is 17.5. The van der Waals surface area contributed by atoms with Crippen molar-refractivity contribution in [3.05, 3.63) is 47.9 Å². The molecule has 2 heterocycles. The van der Waals surface area contributed by atoms with Crippen molar-refractivity contribution < 1.29 is 14.3 Å². The van der Waals surface area contributed by atoms with Crippen LogP contribution in [-0.2, 0) is 18.3 Å². The van der Waals surface area contributed by atoms with E-state index in [0.29, 0.717) is 17.1 Å². The quantitative estimate of drug-likeness (QED) is 0.902. The first-order valence-corrected chi connectivity index (χ1v) is 7.60. The van der Waals surface area contributed by atoms with Crippen LogP contribution in [0.3, 0.4) is 0 Å². The van der Waals surface area contributed by atoms with E-state index in [0.717, 1.165) is 0 Å². The van der Waals surface area contributed by atoms with Gasteiger partial charge in [0.2, 0.25) is 0 Å². The van der Waals surface area contributed by atoms with Crippen LogP contribution in [0.5, 0.6) is 0 Å². The number of pyridine rings is 1. The second kappa shape index (κ2) is 7.16. The van der Waals surface area contributed by atoms with Gasteiger partial charge < -0.3 is 19.9 Å². The monoisotopic (exact) mass is 330 g/mol. The third-order valence-electron chi connectivity index (χ3n) is 3.12. The van der Waals surface area contributed by atoms with Gasteiger partial charge in [0.15, 0.2) is 0 Å². The number of carbonyl (C=O) groups is 2. The molecular formula is C17H22N4O3. The van der Waals surface area contributed by atoms with Crippen LogP contribution >= 0.6 is 0 Å². The largest absolute Gasteiger partial charge is 0.444 e. The lowest BCUT2D eigenvalue weighted by molar-refractivity contribution is 0.0523. The molecule has 0 fully saturated rings. The highest BCUT2D eigenvalue weighted by molar-refractivity contribution is 6.03. The summed E-state index contributed by atoms with van der Waals surface area (Å²) < 4.78 is 6.91. The maximum Gasteiger partial charge on any atom is 0.407 e. The Labute approximate surface area is 141 Å². The smallest absolute Gasteiger partial charge is 0.407 e. The molecule has 2 amide bonds. The molecule has 2 N–H and O–H groups in total. The topological polar surface area (TPSA) is 85.3 Å². The van der Waals surface area contributed by atoms with Crippen molar-refractivity contribution >= 4 is 17.8 Å². The lowest BCUT2D eigenvalue weighted by atomic mass is 10.2. The van der Waals surface area contributed by atoms with Gasteiger partial charge in [0.05, 0.1) is 0 Å². The number of ether oxygens (including phenoxy) is 1. The van der Waals surface area contributed by atoms with Gasteiger partial charge in [-0.3, -0.25) is 4.79 Å². The maximum atomic E-state index is 12.3. The third kappa shape index (κ3) is 4.84. The maximum absolute atomic E-state index is 12.3. The predicted octanol–water partition coefficient (Wildman–Crippen LogP) is 2.70. The summed E-state index contributed by atoms with van der Waals surface area (Å²) in [5.41, 5.74) is 0.639. The molecule has 128 valence electrons. The lowest BCUT2D eigenvalue weighted by Crippen LogP contribution is -2.32. The van der Waals surface area contributed by atoms with Crippen LogP contribution in [-0.4, -0.2) is 27.2 Å². The molecule has 0 aliphatic heterocycles. The highest BCUT2D eigenvalue weighted by Crippen LogP contribution is 2.14. The SMILES string of the molecule is Cn1cccc1C(=O)Nc1ncccc1CNC(=O)OC(C)(C)C. The second-order valence-corrected chi connectivity index (χ2v) is 6.33. The Hall–Kier alpha value is -2.83. The van der Waals surface area contributed by atoms with Crippen molar-refractivity contribution in [1.82, 2.24) is 14.9 Å². The predicted molar refractivity (Wildman–Crippen MR) is 90.7 cm³/mol. The van der Waals surface area contributed by atoms with Crippen LogP contribution in [0.4, 0.5) is 10.6 Å². The highest BCUT2D eigenvalue weighted by Gasteiger charge is 2.17. The van der Waals surface area contributed by atoms with Crippen LogP contribution in [0, 0.1) is 0 Å². The van der Waals surface area contributed by atoms with Gasteiger partial charge in [-0.05, 0) is 39.0 Å². The Morgan fingerprint density at radius 1 is 1.25 bits per heavy atom. The zero-order valence-electron chi connectivity index (χ0n) is 14.3. The van der Waals surface area contributed by atoms with Crippen molar-refractivity contribution in [3.8, 4) is 0 Å². The molecule has 24 heavy (non-hydrogen) atoms. The lowest BCUT2D eigenvalue weighted by Gasteiger charge is -2.20. The number of rotatable bonds is 4. The van der Waals surface area contributed by atoms with Crippen molar-refractivity contribution in [1.29, 1.82) is 0 Å². The fourth-order valence-electron chi connectivity index (χ4n) is 2.04. The Balaban J connectivity index is 2.04. The van der Waals surface area contributed by atoms with Crippen molar-refractivity contribution in [2.45, 2.75) is 32.9 Å². The normalized spacial score (nSPS) is 11.0. The second-order valence-electron chi connectivity index (χ2n) is 6.33. The summed E-state index contributed by atoms with van der Waals surface area (Å²) in [4.78, 5) is 28.2. The number of alkyl carbamates (subject to hydrolysis) is 1. The van der Waals surface area contributed by atoms with Gasteiger partial charge >= 0.3 is 6.09 Å². The van der Waals surface area contributed by atoms with E-state index in [1.807, 2.05) is 0 Å². The minimum atomic E-state index is -0.567. The third-order valence-corrected chi connectivity index (χ3v) is 3.12. The molecule has 7 heteroatoms. The van der Waals surface area contributed by atoms with Crippen LogP contribution in [0.25, 0.3) is 0 Å². The van der Waals surface area contributed by atoms with Crippen molar-refractivity contribution in [3.63, 3.8) is 0 Å². The highest BCUT2D eigenvalue weighted by atomic mass is 16.6. The van der Waals surface area contributed by atoms with Gasteiger partial charge in [0.1, 0.15) is 17.1 Å². The first-order valence-electron chi connectivity index (χ1n) is 7.60. The molecule has 0 aliphatic rings. The van der Waals surface area contributed by atoms with Crippen molar-refractivity contribution in [2.75, 3.05) is 5.32 Å². The van der Waals surface area contributed by atoms with E-state index in [2.05, 4.69) is 15.6 Å². The summed E-state index contributed by atoms with van der Waals surface area (Å²) in [7, 11) is 1.79. The molecule has 0 spiro atoms. The van der Waals surface area contributed by atoms with E-state index in [4.69, 9.17) is 4.74 Å². The fourth-order valence-corrected chi connectivity index (χ4v) is 2.04. The molecule has 7 nitrogen and oxygen atoms in total. The standard InChI is InChI=1S/C17H22N4O3/c1-17(2,3)24-16(23)19-11-12-7-5-9-18-14(12)20-15(22)13-8-6-10-21(13)4/h5-10H,11H2,1-4H3,(H,19,23)(H,18,20,22). The number of nitrogens with zero attached hydrogens (tertiary/aromatic N) is 2. The van der Waals surface area contributed by atoms with E-state index in [1.54, 1.807) is 69.0 Å². The molecule has 0 bridgehead atoms. The number of anilines is 1. The molecule has 0 aromatic carbocycles. The molecule has 0 saturated heterocycles. The molecule has 0 aliphatic carbocycles. The number of nitrogens with one attached hydrogen (secondary N) is 2. The summed E-state index contributed by atoms with van der Waals surface area (Å²) in [6.07, 6.45) is 2.85. The molecule has 0 unspecified atom stereocenters. The molecular weight excluding hydrogens is 308 g/mol. The van der Waals surface area contributed by atoms with E-state index in [9.17, 15) is 9.59 Å².